The molecule has 1 aliphatic carbocycles. The molecule has 6 nitrogen and oxygen atoms in total. The van der Waals surface area contributed by atoms with Gasteiger partial charge in [0.05, 0.1) is 23.2 Å². The van der Waals surface area contributed by atoms with Gasteiger partial charge in [-0.3, -0.25) is 9.10 Å². The summed E-state index contributed by atoms with van der Waals surface area (Å²) < 4.78 is 34.5. The van der Waals surface area contributed by atoms with Crippen molar-refractivity contribution < 1.29 is 17.9 Å². The topological polar surface area (TPSA) is 75.7 Å². The summed E-state index contributed by atoms with van der Waals surface area (Å²) >= 11 is 0. The molecule has 0 bridgehead atoms. The van der Waals surface area contributed by atoms with Crippen LogP contribution in [0, 0.1) is 6.92 Å². The molecule has 1 aliphatic rings. The van der Waals surface area contributed by atoms with Crippen molar-refractivity contribution in [3.05, 3.63) is 125 Å². The van der Waals surface area contributed by atoms with Crippen molar-refractivity contribution in [1.29, 1.82) is 0 Å². The Kier molecular flexibility index (Phi) is 7.98. The number of hydrogen-bond acceptors (Lipinski definition) is 4. The van der Waals surface area contributed by atoms with Gasteiger partial charge in [-0.05, 0) is 79.3 Å². The van der Waals surface area contributed by atoms with Crippen LogP contribution in [0.5, 0.6) is 5.75 Å². The average Bonchev–Trinajstić information content (AvgIpc) is 2.96. The number of aryl methyl sites for hydroxylation is 2. The number of fused-ring (bicyclic) bond motifs is 1. The van der Waals surface area contributed by atoms with Crippen LogP contribution in [0.1, 0.15) is 41.1 Å². The summed E-state index contributed by atoms with van der Waals surface area (Å²) in [6.07, 6.45) is 2.98. The summed E-state index contributed by atoms with van der Waals surface area (Å²) in [6.45, 7) is 1.99. The van der Waals surface area contributed by atoms with Crippen LogP contribution in [-0.4, -0.2) is 20.9 Å². The van der Waals surface area contributed by atoms with Gasteiger partial charge in [0.2, 0.25) is 0 Å². The van der Waals surface area contributed by atoms with E-state index in [2.05, 4.69) is 17.4 Å². The first kappa shape index (κ1) is 26.5. The van der Waals surface area contributed by atoms with Gasteiger partial charge in [0, 0.05) is 0 Å². The van der Waals surface area contributed by atoms with Crippen LogP contribution in [0.15, 0.2) is 108 Å². The Labute approximate surface area is 230 Å². The molecule has 0 heterocycles. The van der Waals surface area contributed by atoms with E-state index in [4.69, 9.17) is 4.74 Å². The Morgan fingerprint density at radius 2 is 1.59 bits per heavy atom. The maximum atomic E-state index is 13.7. The van der Waals surface area contributed by atoms with E-state index < -0.39 is 10.0 Å². The van der Waals surface area contributed by atoms with Crippen molar-refractivity contribution in [2.45, 2.75) is 43.7 Å². The standard InChI is InChI=1S/C32H32N2O4S/c1-24-14-20-29(21-15-24)39(36,37)34(22-25-8-3-2-4-9-25)27-16-18-28(19-17-27)38-23-32(35)33-31-13-7-11-26-10-5-6-12-30(26)31/h2-6,8-10,12,14-21,31H,7,11,13,22-23H2,1H3,(H,33,35)/t31-/m1/s1. The van der Waals surface area contributed by atoms with Gasteiger partial charge in [0.1, 0.15) is 5.75 Å². The largest absolute Gasteiger partial charge is 0.484 e. The lowest BCUT2D eigenvalue weighted by molar-refractivity contribution is -0.123. The molecule has 0 fully saturated rings. The molecule has 7 heteroatoms. The molecule has 1 N–H and O–H groups in total. The molecular weight excluding hydrogens is 508 g/mol. The van der Waals surface area contributed by atoms with Gasteiger partial charge in [-0.2, -0.15) is 0 Å². The van der Waals surface area contributed by atoms with Crippen molar-refractivity contribution in [2.24, 2.45) is 0 Å². The second kappa shape index (κ2) is 11.7. The quantitative estimate of drug-likeness (QED) is 0.284. The Morgan fingerprint density at radius 1 is 0.897 bits per heavy atom. The Bertz CT molecular complexity index is 1520. The number of ether oxygens (including phenoxy) is 1. The number of carbonyl (C=O) groups excluding carboxylic acids is 1. The first-order valence-electron chi connectivity index (χ1n) is 13.1. The minimum absolute atomic E-state index is 0.00745. The smallest absolute Gasteiger partial charge is 0.264 e. The molecule has 1 amide bonds. The molecule has 0 saturated carbocycles. The van der Waals surface area contributed by atoms with Crippen LogP contribution in [0.4, 0.5) is 5.69 Å². The van der Waals surface area contributed by atoms with Crippen LogP contribution in [-0.2, 0) is 27.8 Å². The predicted molar refractivity (Wildman–Crippen MR) is 153 cm³/mol. The molecule has 4 aromatic rings. The fourth-order valence-electron chi connectivity index (χ4n) is 4.90. The van der Waals surface area contributed by atoms with E-state index in [1.165, 1.54) is 15.4 Å². The van der Waals surface area contributed by atoms with Crippen molar-refractivity contribution >= 4 is 21.6 Å². The maximum absolute atomic E-state index is 13.7. The molecular formula is C32H32N2O4S. The van der Waals surface area contributed by atoms with E-state index in [9.17, 15) is 13.2 Å². The van der Waals surface area contributed by atoms with E-state index in [1.54, 1.807) is 48.5 Å². The number of amides is 1. The Balaban J connectivity index is 1.29. The number of rotatable bonds is 9. The summed E-state index contributed by atoms with van der Waals surface area (Å²) in [5, 5.41) is 3.09. The maximum Gasteiger partial charge on any atom is 0.264 e. The summed E-state index contributed by atoms with van der Waals surface area (Å²) in [5.41, 5.74) is 4.83. The highest BCUT2D eigenvalue weighted by Crippen LogP contribution is 2.30. The molecule has 200 valence electrons. The van der Waals surface area contributed by atoms with E-state index in [-0.39, 0.29) is 30.0 Å². The van der Waals surface area contributed by atoms with Gasteiger partial charge in [-0.1, -0.05) is 72.3 Å². The minimum Gasteiger partial charge on any atom is -0.484 e. The fraction of sp³-hybridized carbons (Fsp3) is 0.219. The first-order chi connectivity index (χ1) is 18.9. The minimum atomic E-state index is -3.82. The molecule has 0 radical (unpaired) electrons. The molecule has 39 heavy (non-hydrogen) atoms. The molecule has 0 saturated heterocycles. The summed E-state index contributed by atoms with van der Waals surface area (Å²) in [6, 6.07) is 31.3. The predicted octanol–water partition coefficient (Wildman–Crippen LogP) is 5.96. The number of nitrogens with one attached hydrogen (secondary N) is 1. The number of hydrogen-bond donors (Lipinski definition) is 1. The van der Waals surface area contributed by atoms with E-state index in [1.807, 2.05) is 49.4 Å². The Hall–Kier alpha value is -4.10. The van der Waals surface area contributed by atoms with Crippen LogP contribution < -0.4 is 14.4 Å². The average molecular weight is 541 g/mol. The van der Waals surface area contributed by atoms with Crippen LogP contribution in [0.2, 0.25) is 0 Å². The van der Waals surface area contributed by atoms with Gasteiger partial charge in [-0.25, -0.2) is 8.42 Å². The van der Waals surface area contributed by atoms with E-state index in [0.717, 1.165) is 30.4 Å². The lowest BCUT2D eigenvalue weighted by atomic mass is 9.88. The van der Waals surface area contributed by atoms with Crippen molar-refractivity contribution in [1.82, 2.24) is 5.32 Å². The summed E-state index contributed by atoms with van der Waals surface area (Å²) in [5.74, 6) is 0.304. The molecule has 0 spiro atoms. The van der Waals surface area contributed by atoms with E-state index in [0.29, 0.717) is 11.4 Å². The molecule has 0 unspecified atom stereocenters. The van der Waals surface area contributed by atoms with Gasteiger partial charge in [-0.15, -0.1) is 0 Å². The van der Waals surface area contributed by atoms with Gasteiger partial charge < -0.3 is 10.1 Å². The summed E-state index contributed by atoms with van der Waals surface area (Å²) in [7, 11) is -3.82. The molecule has 5 rings (SSSR count). The molecule has 0 aliphatic heterocycles. The zero-order valence-corrected chi connectivity index (χ0v) is 22.7. The Morgan fingerprint density at radius 3 is 2.33 bits per heavy atom. The SMILES string of the molecule is Cc1ccc(S(=O)(=O)N(Cc2ccccc2)c2ccc(OCC(=O)N[C@@H]3CCCc4ccccc43)cc2)cc1. The number of benzene rings is 4. The second-order valence-electron chi connectivity index (χ2n) is 9.80. The normalized spacial score (nSPS) is 14.7. The zero-order chi connectivity index (χ0) is 27.2. The highest BCUT2D eigenvalue weighted by molar-refractivity contribution is 7.92. The lowest BCUT2D eigenvalue weighted by Crippen LogP contribution is -2.34. The molecule has 0 aromatic heterocycles. The molecule has 1 atom stereocenters. The molecule has 4 aromatic carbocycles. The lowest BCUT2D eigenvalue weighted by Gasteiger charge is -2.26. The van der Waals surface area contributed by atoms with Gasteiger partial charge in [0.25, 0.3) is 15.9 Å². The highest BCUT2D eigenvalue weighted by Gasteiger charge is 2.26. The number of carbonyl (C=O) groups is 1. The van der Waals surface area contributed by atoms with Crippen molar-refractivity contribution in [3.63, 3.8) is 0 Å². The van der Waals surface area contributed by atoms with Gasteiger partial charge >= 0.3 is 0 Å². The van der Waals surface area contributed by atoms with Crippen LogP contribution in [0.25, 0.3) is 0 Å². The van der Waals surface area contributed by atoms with E-state index >= 15 is 0 Å². The van der Waals surface area contributed by atoms with Gasteiger partial charge in [0.15, 0.2) is 6.61 Å². The zero-order valence-electron chi connectivity index (χ0n) is 21.9. The fourth-order valence-corrected chi connectivity index (χ4v) is 6.35. The van der Waals surface area contributed by atoms with Crippen LogP contribution >= 0.6 is 0 Å². The summed E-state index contributed by atoms with van der Waals surface area (Å²) in [4.78, 5) is 12.9. The number of nitrogens with zero attached hydrogens (tertiary/aromatic N) is 1. The third kappa shape index (κ3) is 6.32. The second-order valence-corrected chi connectivity index (χ2v) is 11.7. The van der Waals surface area contributed by atoms with Crippen molar-refractivity contribution in [3.8, 4) is 5.75 Å². The third-order valence-corrected chi connectivity index (χ3v) is 8.77. The highest BCUT2D eigenvalue weighted by atomic mass is 32.2. The number of anilines is 1. The number of sulfonamides is 1. The monoisotopic (exact) mass is 540 g/mol. The first-order valence-corrected chi connectivity index (χ1v) is 14.6. The van der Waals surface area contributed by atoms with Crippen molar-refractivity contribution in [2.75, 3.05) is 10.9 Å². The third-order valence-electron chi connectivity index (χ3n) is 6.98. The van der Waals surface area contributed by atoms with Crippen LogP contribution in [0.3, 0.4) is 0 Å².